The summed E-state index contributed by atoms with van der Waals surface area (Å²) in [6, 6.07) is 21.7. The second kappa shape index (κ2) is 7.19. The lowest BCUT2D eigenvalue weighted by Crippen LogP contribution is -2.21. The molecular weight excluding hydrogens is 335 g/mol. The Kier molecular flexibility index (Phi) is 4.73. The first-order valence-corrected chi connectivity index (χ1v) is 9.70. The van der Waals surface area contributed by atoms with Gasteiger partial charge in [-0.25, -0.2) is 4.39 Å². The second-order valence-corrected chi connectivity index (χ2v) is 7.85. The predicted molar refractivity (Wildman–Crippen MR) is 108 cm³/mol. The van der Waals surface area contributed by atoms with Gasteiger partial charge >= 0.3 is 0 Å². The molecule has 2 heteroatoms. The zero-order chi connectivity index (χ0) is 19.0. The summed E-state index contributed by atoms with van der Waals surface area (Å²) >= 11 is 0. The molecule has 0 unspecified atom stereocenters. The third-order valence-corrected chi connectivity index (χ3v) is 5.84. The Bertz CT molecular complexity index is 946. The molecule has 0 radical (unpaired) electrons. The molecule has 0 saturated carbocycles. The zero-order valence-corrected chi connectivity index (χ0v) is 15.8. The van der Waals surface area contributed by atoms with Gasteiger partial charge in [-0.2, -0.15) is 0 Å². The van der Waals surface area contributed by atoms with Crippen LogP contribution in [0.2, 0.25) is 0 Å². The van der Waals surface area contributed by atoms with Crippen molar-refractivity contribution in [2.24, 2.45) is 0 Å². The molecule has 0 heterocycles. The fourth-order valence-electron chi connectivity index (χ4n) is 4.40. The molecular formula is C25H25FO. The second-order valence-electron chi connectivity index (χ2n) is 7.85. The molecule has 27 heavy (non-hydrogen) atoms. The Morgan fingerprint density at radius 2 is 1.67 bits per heavy atom. The average Bonchev–Trinajstić information content (AvgIpc) is 2.67. The molecule has 0 aromatic heterocycles. The standard InChI is InChI=1S/C25H25FO/c1-16(2)18-8-12-23(24(26)15-18)25-21(17-6-4-3-5-7-17)11-9-19-14-20(27)10-13-22(19)25/h3-8,10,12-16,21,25,27H,9,11H2,1-2H3/t21-,25+/m1/s1. The molecule has 1 aliphatic rings. The van der Waals surface area contributed by atoms with Crippen LogP contribution in [0.5, 0.6) is 5.75 Å². The van der Waals surface area contributed by atoms with Gasteiger partial charge in [0.05, 0.1) is 0 Å². The van der Waals surface area contributed by atoms with Gasteiger partial charge in [-0.05, 0) is 70.7 Å². The Hall–Kier alpha value is -2.61. The van der Waals surface area contributed by atoms with Gasteiger partial charge in [-0.1, -0.05) is 62.4 Å². The van der Waals surface area contributed by atoms with Crippen LogP contribution in [-0.2, 0) is 6.42 Å². The van der Waals surface area contributed by atoms with Gasteiger partial charge in [0.25, 0.3) is 0 Å². The van der Waals surface area contributed by atoms with E-state index in [1.165, 1.54) is 5.56 Å². The van der Waals surface area contributed by atoms with Crippen LogP contribution in [0.3, 0.4) is 0 Å². The van der Waals surface area contributed by atoms with Gasteiger partial charge in [-0.3, -0.25) is 0 Å². The quantitative estimate of drug-likeness (QED) is 0.564. The Morgan fingerprint density at radius 1 is 0.926 bits per heavy atom. The van der Waals surface area contributed by atoms with Crippen LogP contribution in [0.1, 0.15) is 65.8 Å². The molecule has 3 aromatic rings. The van der Waals surface area contributed by atoms with Crippen molar-refractivity contribution in [2.75, 3.05) is 0 Å². The molecule has 4 rings (SSSR count). The van der Waals surface area contributed by atoms with E-state index < -0.39 is 0 Å². The Balaban J connectivity index is 1.87. The molecule has 0 saturated heterocycles. The Morgan fingerprint density at radius 3 is 2.37 bits per heavy atom. The highest BCUT2D eigenvalue weighted by atomic mass is 19.1. The van der Waals surface area contributed by atoms with Gasteiger partial charge in [0.1, 0.15) is 11.6 Å². The minimum atomic E-state index is -0.131. The number of halogens is 1. The summed E-state index contributed by atoms with van der Waals surface area (Å²) in [5.41, 5.74) is 5.27. The molecule has 0 spiro atoms. The zero-order valence-electron chi connectivity index (χ0n) is 15.8. The molecule has 3 aromatic carbocycles. The summed E-state index contributed by atoms with van der Waals surface area (Å²) in [7, 11) is 0. The first-order chi connectivity index (χ1) is 13.0. The molecule has 138 valence electrons. The number of aromatic hydroxyl groups is 1. The predicted octanol–water partition coefficient (Wildman–Crippen LogP) is 6.52. The van der Waals surface area contributed by atoms with Crippen molar-refractivity contribution < 1.29 is 9.50 Å². The van der Waals surface area contributed by atoms with E-state index in [0.717, 1.165) is 35.1 Å². The van der Waals surface area contributed by atoms with E-state index in [-0.39, 0.29) is 23.4 Å². The number of phenols is 1. The van der Waals surface area contributed by atoms with Crippen molar-refractivity contribution in [2.45, 2.75) is 44.4 Å². The number of aryl methyl sites for hydroxylation is 1. The van der Waals surface area contributed by atoms with Crippen LogP contribution < -0.4 is 0 Å². The van der Waals surface area contributed by atoms with E-state index >= 15 is 4.39 Å². The molecule has 0 amide bonds. The maximum Gasteiger partial charge on any atom is 0.127 e. The van der Waals surface area contributed by atoms with Gasteiger partial charge < -0.3 is 5.11 Å². The highest BCUT2D eigenvalue weighted by molar-refractivity contribution is 5.48. The maximum absolute atomic E-state index is 15.2. The highest BCUT2D eigenvalue weighted by Gasteiger charge is 2.33. The summed E-state index contributed by atoms with van der Waals surface area (Å²) in [6.45, 7) is 4.17. The van der Waals surface area contributed by atoms with Gasteiger partial charge in [-0.15, -0.1) is 0 Å². The number of rotatable bonds is 3. The van der Waals surface area contributed by atoms with Gasteiger partial charge in [0, 0.05) is 5.92 Å². The highest BCUT2D eigenvalue weighted by Crippen LogP contribution is 2.47. The van der Waals surface area contributed by atoms with Crippen LogP contribution in [0, 0.1) is 5.82 Å². The van der Waals surface area contributed by atoms with E-state index in [1.54, 1.807) is 12.1 Å². The van der Waals surface area contributed by atoms with Gasteiger partial charge in [0.15, 0.2) is 0 Å². The third-order valence-electron chi connectivity index (χ3n) is 5.84. The molecule has 1 nitrogen and oxygen atoms in total. The maximum atomic E-state index is 15.2. The summed E-state index contributed by atoms with van der Waals surface area (Å²) in [5.74, 6) is 0.629. The number of fused-ring (bicyclic) bond motifs is 1. The van der Waals surface area contributed by atoms with Crippen molar-refractivity contribution in [1.82, 2.24) is 0 Å². The number of benzene rings is 3. The molecule has 0 aliphatic heterocycles. The number of phenolic OH excluding ortho intramolecular Hbond substituents is 1. The Labute approximate surface area is 160 Å². The smallest absolute Gasteiger partial charge is 0.127 e. The lowest BCUT2D eigenvalue weighted by molar-refractivity contribution is 0.467. The topological polar surface area (TPSA) is 20.2 Å². The van der Waals surface area contributed by atoms with Crippen LogP contribution in [0.25, 0.3) is 0 Å². The summed E-state index contributed by atoms with van der Waals surface area (Å²) < 4.78 is 15.2. The largest absolute Gasteiger partial charge is 0.508 e. The molecule has 1 aliphatic carbocycles. The normalized spacial score (nSPS) is 19.1. The summed E-state index contributed by atoms with van der Waals surface area (Å²) in [6.07, 6.45) is 1.84. The molecule has 0 fully saturated rings. The monoisotopic (exact) mass is 360 g/mol. The first kappa shape index (κ1) is 17.8. The van der Waals surface area contributed by atoms with Crippen LogP contribution >= 0.6 is 0 Å². The third kappa shape index (κ3) is 3.37. The minimum absolute atomic E-state index is 0.0436. The van der Waals surface area contributed by atoms with E-state index in [4.69, 9.17) is 0 Å². The van der Waals surface area contributed by atoms with Crippen LogP contribution in [0.15, 0.2) is 66.7 Å². The summed E-state index contributed by atoms with van der Waals surface area (Å²) in [5, 5.41) is 9.91. The lowest BCUT2D eigenvalue weighted by Gasteiger charge is -2.35. The molecule has 1 N–H and O–H groups in total. The van der Waals surface area contributed by atoms with Crippen molar-refractivity contribution in [3.63, 3.8) is 0 Å². The van der Waals surface area contributed by atoms with Crippen LogP contribution in [0.4, 0.5) is 4.39 Å². The van der Waals surface area contributed by atoms with E-state index in [9.17, 15) is 5.11 Å². The summed E-state index contributed by atoms with van der Waals surface area (Å²) in [4.78, 5) is 0. The van der Waals surface area contributed by atoms with E-state index in [0.29, 0.717) is 5.92 Å². The van der Waals surface area contributed by atoms with Crippen molar-refractivity contribution >= 4 is 0 Å². The van der Waals surface area contributed by atoms with E-state index in [2.05, 4.69) is 44.2 Å². The molecule has 2 atom stereocenters. The average molecular weight is 360 g/mol. The fraction of sp³-hybridized carbons (Fsp3) is 0.280. The van der Waals surface area contributed by atoms with Crippen LogP contribution in [-0.4, -0.2) is 5.11 Å². The first-order valence-electron chi connectivity index (χ1n) is 9.70. The molecule has 0 bridgehead atoms. The van der Waals surface area contributed by atoms with Gasteiger partial charge in [0.2, 0.25) is 0 Å². The fourth-order valence-corrected chi connectivity index (χ4v) is 4.40. The minimum Gasteiger partial charge on any atom is -0.508 e. The van der Waals surface area contributed by atoms with Crippen molar-refractivity contribution in [1.29, 1.82) is 0 Å². The SMILES string of the molecule is CC(C)c1ccc([C@@H]2c3ccc(O)cc3CC[C@@H]2c2ccccc2)c(F)c1. The van der Waals surface area contributed by atoms with Crippen molar-refractivity contribution in [3.8, 4) is 5.75 Å². The van der Waals surface area contributed by atoms with Crippen molar-refractivity contribution in [3.05, 3.63) is 100 Å². The number of hydrogen-bond donors (Lipinski definition) is 1. The number of hydrogen-bond acceptors (Lipinski definition) is 1. The lowest BCUT2D eigenvalue weighted by atomic mass is 9.69. The van der Waals surface area contributed by atoms with E-state index in [1.807, 2.05) is 24.3 Å².